The lowest BCUT2D eigenvalue weighted by atomic mass is 10.2. The monoisotopic (exact) mass is 409 g/mol. The maximum Gasteiger partial charge on any atom is 0.292 e. The van der Waals surface area contributed by atoms with Crippen LogP contribution in [0.4, 0.5) is 5.82 Å². The summed E-state index contributed by atoms with van der Waals surface area (Å²) in [7, 11) is 0. The van der Waals surface area contributed by atoms with E-state index in [1.165, 1.54) is 0 Å². The number of fused-ring (bicyclic) bond motifs is 1. The lowest BCUT2D eigenvalue weighted by Crippen LogP contribution is -2.15. The van der Waals surface area contributed by atoms with Crippen LogP contribution in [0.5, 0.6) is 0 Å². The predicted octanol–water partition coefficient (Wildman–Crippen LogP) is 5.00. The molecular formula is C20H16BrN3O2. The third-order valence-corrected chi connectivity index (χ3v) is 4.66. The summed E-state index contributed by atoms with van der Waals surface area (Å²) in [4.78, 5) is 12.6. The molecule has 0 spiro atoms. The number of carbonyl (C=O) groups excluding carboxylic acids is 1. The Morgan fingerprint density at radius 2 is 1.96 bits per heavy atom. The smallest absolute Gasteiger partial charge is 0.292 e. The molecule has 1 N–H and O–H groups in total. The minimum absolute atomic E-state index is 0.261. The molecule has 6 heteroatoms. The highest BCUT2D eigenvalue weighted by atomic mass is 79.9. The molecule has 0 fully saturated rings. The van der Waals surface area contributed by atoms with E-state index in [0.29, 0.717) is 17.9 Å². The number of aromatic nitrogens is 2. The summed E-state index contributed by atoms with van der Waals surface area (Å²) in [6.07, 6.45) is 0. The molecule has 2 aromatic heterocycles. The summed E-state index contributed by atoms with van der Waals surface area (Å²) in [5, 5.41) is 8.25. The lowest BCUT2D eigenvalue weighted by Gasteiger charge is -2.08. The quantitative estimate of drug-likeness (QED) is 0.515. The van der Waals surface area contributed by atoms with Gasteiger partial charge in [0.1, 0.15) is 11.4 Å². The first-order valence-electron chi connectivity index (χ1n) is 8.18. The molecule has 130 valence electrons. The van der Waals surface area contributed by atoms with Crippen LogP contribution in [0.1, 0.15) is 21.8 Å². The first-order chi connectivity index (χ1) is 12.6. The van der Waals surface area contributed by atoms with Crippen molar-refractivity contribution in [1.82, 2.24) is 9.78 Å². The van der Waals surface area contributed by atoms with Gasteiger partial charge in [-0.1, -0.05) is 42.5 Å². The number of hydrogen-bond donors (Lipinski definition) is 1. The van der Waals surface area contributed by atoms with Crippen LogP contribution >= 0.6 is 15.9 Å². The number of para-hydroxylation sites is 1. The molecule has 2 heterocycles. The second kappa shape index (κ2) is 6.80. The third kappa shape index (κ3) is 3.28. The molecule has 4 rings (SSSR count). The molecule has 0 aliphatic rings. The number of rotatable bonds is 4. The summed E-state index contributed by atoms with van der Waals surface area (Å²) in [5.41, 5.74) is 2.61. The molecule has 0 saturated carbocycles. The minimum Gasteiger partial charge on any atom is -0.450 e. The summed E-state index contributed by atoms with van der Waals surface area (Å²) in [6.45, 7) is 2.48. The Morgan fingerprint density at radius 3 is 2.73 bits per heavy atom. The largest absolute Gasteiger partial charge is 0.450 e. The van der Waals surface area contributed by atoms with Crippen molar-refractivity contribution in [2.75, 3.05) is 5.32 Å². The SMILES string of the molecule is Cc1cc(NC(=O)c2cc3cccc(Br)c3o2)n(Cc2ccccc2)n1. The Balaban J connectivity index is 1.60. The lowest BCUT2D eigenvalue weighted by molar-refractivity contribution is 0.0997. The molecule has 0 aliphatic heterocycles. The van der Waals surface area contributed by atoms with Gasteiger partial charge in [-0.3, -0.25) is 4.79 Å². The first kappa shape index (κ1) is 16.6. The predicted molar refractivity (Wildman–Crippen MR) is 104 cm³/mol. The van der Waals surface area contributed by atoms with Gasteiger partial charge in [0.25, 0.3) is 5.91 Å². The van der Waals surface area contributed by atoms with Crippen LogP contribution in [0.15, 0.2) is 69.6 Å². The highest BCUT2D eigenvalue weighted by molar-refractivity contribution is 9.10. The van der Waals surface area contributed by atoms with Crippen molar-refractivity contribution < 1.29 is 9.21 Å². The number of amides is 1. The Bertz CT molecular complexity index is 1080. The second-order valence-corrected chi connectivity index (χ2v) is 6.89. The van der Waals surface area contributed by atoms with Gasteiger partial charge < -0.3 is 9.73 Å². The van der Waals surface area contributed by atoms with Crippen molar-refractivity contribution in [2.24, 2.45) is 0 Å². The van der Waals surface area contributed by atoms with Crippen LogP contribution < -0.4 is 5.32 Å². The number of nitrogens with zero attached hydrogens (tertiary/aromatic N) is 2. The third-order valence-electron chi connectivity index (χ3n) is 4.04. The van der Waals surface area contributed by atoms with Crippen molar-refractivity contribution in [2.45, 2.75) is 13.5 Å². The van der Waals surface area contributed by atoms with Gasteiger partial charge in [-0.05, 0) is 40.5 Å². The Labute approximate surface area is 158 Å². The van der Waals surface area contributed by atoms with Gasteiger partial charge in [-0.15, -0.1) is 0 Å². The fourth-order valence-electron chi connectivity index (χ4n) is 2.84. The zero-order chi connectivity index (χ0) is 18.1. The van der Waals surface area contributed by atoms with Crippen LogP contribution in [0.2, 0.25) is 0 Å². The Hall–Kier alpha value is -2.86. The maximum absolute atomic E-state index is 12.6. The van der Waals surface area contributed by atoms with Gasteiger partial charge in [-0.2, -0.15) is 5.10 Å². The molecular weight excluding hydrogens is 394 g/mol. The van der Waals surface area contributed by atoms with Gasteiger partial charge in [0, 0.05) is 11.5 Å². The van der Waals surface area contributed by atoms with Crippen LogP contribution in [-0.4, -0.2) is 15.7 Å². The summed E-state index contributed by atoms with van der Waals surface area (Å²) < 4.78 is 8.31. The fraction of sp³-hybridized carbons (Fsp3) is 0.100. The zero-order valence-corrected chi connectivity index (χ0v) is 15.7. The van der Waals surface area contributed by atoms with Crippen molar-refractivity contribution >= 4 is 38.6 Å². The van der Waals surface area contributed by atoms with Crippen LogP contribution in [0.3, 0.4) is 0 Å². The van der Waals surface area contributed by atoms with Gasteiger partial charge in [0.2, 0.25) is 0 Å². The van der Waals surface area contributed by atoms with Gasteiger partial charge in [0.05, 0.1) is 16.7 Å². The summed E-state index contributed by atoms with van der Waals surface area (Å²) >= 11 is 3.44. The number of furan rings is 1. The highest BCUT2D eigenvalue weighted by Gasteiger charge is 2.16. The number of carbonyl (C=O) groups is 1. The van der Waals surface area contributed by atoms with E-state index in [2.05, 4.69) is 26.3 Å². The Kier molecular flexibility index (Phi) is 4.34. The molecule has 1 amide bonds. The van der Waals surface area contributed by atoms with E-state index in [1.54, 1.807) is 10.7 Å². The van der Waals surface area contributed by atoms with E-state index < -0.39 is 0 Å². The Morgan fingerprint density at radius 1 is 1.15 bits per heavy atom. The van der Waals surface area contributed by atoms with Gasteiger partial charge in [-0.25, -0.2) is 4.68 Å². The minimum atomic E-state index is -0.303. The standard InChI is InChI=1S/C20H16BrN3O2/c1-13-10-18(24(23-13)12-14-6-3-2-4-7-14)22-20(25)17-11-15-8-5-9-16(21)19(15)26-17/h2-11H,12H2,1H3,(H,22,25). The number of benzene rings is 2. The van der Waals surface area contributed by atoms with Crippen molar-refractivity contribution in [3.63, 3.8) is 0 Å². The molecule has 0 radical (unpaired) electrons. The molecule has 0 atom stereocenters. The number of nitrogens with one attached hydrogen (secondary N) is 1. The van der Waals surface area contributed by atoms with Crippen molar-refractivity contribution in [3.8, 4) is 0 Å². The average Bonchev–Trinajstić information content (AvgIpc) is 3.20. The molecule has 0 bridgehead atoms. The second-order valence-electron chi connectivity index (χ2n) is 6.04. The number of halogens is 1. The molecule has 0 unspecified atom stereocenters. The zero-order valence-electron chi connectivity index (χ0n) is 14.1. The van der Waals surface area contributed by atoms with E-state index in [0.717, 1.165) is 21.1 Å². The number of hydrogen-bond acceptors (Lipinski definition) is 3. The average molecular weight is 410 g/mol. The molecule has 0 aliphatic carbocycles. The van der Waals surface area contributed by atoms with Crippen LogP contribution in [-0.2, 0) is 6.54 Å². The van der Waals surface area contributed by atoms with Crippen molar-refractivity contribution in [1.29, 1.82) is 0 Å². The fourth-order valence-corrected chi connectivity index (χ4v) is 3.30. The van der Waals surface area contributed by atoms with E-state index in [4.69, 9.17) is 4.42 Å². The molecule has 4 aromatic rings. The van der Waals surface area contributed by atoms with Gasteiger partial charge in [0.15, 0.2) is 5.76 Å². The molecule has 0 saturated heterocycles. The van der Waals surface area contributed by atoms with Gasteiger partial charge >= 0.3 is 0 Å². The first-order valence-corrected chi connectivity index (χ1v) is 8.97. The normalized spacial score (nSPS) is 11.0. The molecule has 26 heavy (non-hydrogen) atoms. The topological polar surface area (TPSA) is 60.1 Å². The van der Waals surface area contributed by atoms with E-state index in [9.17, 15) is 4.79 Å². The maximum atomic E-state index is 12.6. The number of aryl methyl sites for hydroxylation is 1. The van der Waals surface area contributed by atoms with Crippen LogP contribution in [0, 0.1) is 6.92 Å². The van der Waals surface area contributed by atoms with E-state index in [1.807, 2.05) is 61.5 Å². The molecule has 2 aromatic carbocycles. The van der Waals surface area contributed by atoms with Crippen LogP contribution in [0.25, 0.3) is 11.0 Å². The number of anilines is 1. The molecule has 5 nitrogen and oxygen atoms in total. The summed E-state index contributed by atoms with van der Waals surface area (Å²) in [6, 6.07) is 19.3. The van der Waals surface area contributed by atoms with E-state index >= 15 is 0 Å². The summed E-state index contributed by atoms with van der Waals surface area (Å²) in [5.74, 6) is 0.593. The highest BCUT2D eigenvalue weighted by Crippen LogP contribution is 2.27. The van der Waals surface area contributed by atoms with Crippen molar-refractivity contribution in [3.05, 3.63) is 82.2 Å². The van der Waals surface area contributed by atoms with E-state index in [-0.39, 0.29) is 11.7 Å².